The van der Waals surface area contributed by atoms with Crippen molar-refractivity contribution in [3.63, 3.8) is 0 Å². The van der Waals surface area contributed by atoms with Crippen molar-refractivity contribution in [1.82, 2.24) is 5.32 Å². The van der Waals surface area contributed by atoms with Gasteiger partial charge in [0.25, 0.3) is 5.91 Å². The predicted molar refractivity (Wildman–Crippen MR) is 99.6 cm³/mol. The Kier molecular flexibility index (Phi) is 5.71. The van der Waals surface area contributed by atoms with Gasteiger partial charge in [0.05, 0.1) is 26.9 Å². The molecule has 0 bridgehead atoms. The van der Waals surface area contributed by atoms with E-state index in [-0.39, 0.29) is 11.9 Å². The fourth-order valence-electron chi connectivity index (χ4n) is 2.70. The first-order chi connectivity index (χ1) is 12.6. The van der Waals surface area contributed by atoms with Gasteiger partial charge in [-0.2, -0.15) is 0 Å². The van der Waals surface area contributed by atoms with E-state index in [1.54, 1.807) is 18.4 Å². The van der Waals surface area contributed by atoms with Gasteiger partial charge >= 0.3 is 0 Å². The minimum atomic E-state index is -0.138. The van der Waals surface area contributed by atoms with Crippen molar-refractivity contribution in [1.29, 1.82) is 0 Å². The number of para-hydroxylation sites is 1. The highest BCUT2D eigenvalue weighted by atomic mass is 16.5. The quantitative estimate of drug-likeness (QED) is 0.688. The third kappa shape index (κ3) is 4.52. The van der Waals surface area contributed by atoms with Crippen LogP contribution in [0.4, 0.5) is 0 Å². The van der Waals surface area contributed by atoms with E-state index in [9.17, 15) is 4.79 Å². The van der Waals surface area contributed by atoms with Gasteiger partial charge in [0.1, 0.15) is 11.5 Å². The Morgan fingerprint density at radius 3 is 2.50 bits per heavy atom. The van der Waals surface area contributed by atoms with Crippen molar-refractivity contribution in [2.45, 2.75) is 6.04 Å². The average molecular weight is 351 g/mol. The molecule has 1 amide bonds. The predicted octanol–water partition coefficient (Wildman–Crippen LogP) is 2.69. The van der Waals surface area contributed by atoms with Crippen molar-refractivity contribution in [3.8, 4) is 11.5 Å². The lowest BCUT2D eigenvalue weighted by molar-refractivity contribution is -0.891. The molecule has 0 aliphatic carbocycles. The summed E-state index contributed by atoms with van der Waals surface area (Å²) in [6, 6.07) is 20.5. The molecule has 0 saturated carbocycles. The van der Waals surface area contributed by atoms with Gasteiger partial charge in [-0.1, -0.05) is 24.3 Å². The smallest absolute Gasteiger partial charge is 0.251 e. The zero-order valence-electron chi connectivity index (χ0n) is 14.9. The number of carbonyl (C=O) groups excluding carboxylic acids is 1. The molecule has 2 N–H and O–H groups in total. The molecule has 5 nitrogen and oxygen atoms in total. The lowest BCUT2D eigenvalue weighted by Crippen LogP contribution is -3.07. The van der Waals surface area contributed by atoms with Crippen LogP contribution in [0.15, 0.2) is 77.4 Å². The van der Waals surface area contributed by atoms with Crippen LogP contribution in [-0.2, 0) is 0 Å². The van der Waals surface area contributed by atoms with Crippen LogP contribution in [0.25, 0.3) is 0 Å². The Hall–Kier alpha value is -3.05. The Bertz CT molecular complexity index is 829. The van der Waals surface area contributed by atoms with Gasteiger partial charge in [-0.05, 0) is 42.5 Å². The summed E-state index contributed by atoms with van der Waals surface area (Å²) < 4.78 is 11.3. The van der Waals surface area contributed by atoms with Crippen LogP contribution < -0.4 is 15.0 Å². The summed E-state index contributed by atoms with van der Waals surface area (Å²) >= 11 is 0. The third-order valence-corrected chi connectivity index (χ3v) is 4.13. The lowest BCUT2D eigenvalue weighted by atomic mass is 10.1. The van der Waals surface area contributed by atoms with E-state index in [1.807, 2.05) is 68.7 Å². The van der Waals surface area contributed by atoms with Crippen molar-refractivity contribution >= 4 is 5.91 Å². The fraction of sp³-hybridized carbons (Fsp3) is 0.190. The minimum absolute atomic E-state index is 0.0534. The number of hydrogen-bond donors (Lipinski definition) is 2. The van der Waals surface area contributed by atoms with Gasteiger partial charge in [0, 0.05) is 5.56 Å². The van der Waals surface area contributed by atoms with Crippen LogP contribution in [0.2, 0.25) is 0 Å². The van der Waals surface area contributed by atoms with Crippen LogP contribution in [0.5, 0.6) is 11.5 Å². The highest BCUT2D eigenvalue weighted by molar-refractivity contribution is 5.94. The number of benzene rings is 2. The second-order valence-electron chi connectivity index (χ2n) is 6.30. The first kappa shape index (κ1) is 17.8. The van der Waals surface area contributed by atoms with E-state index in [0.717, 1.165) is 11.5 Å². The lowest BCUT2D eigenvalue weighted by Gasteiger charge is -2.19. The molecule has 3 aromatic rings. The average Bonchev–Trinajstić information content (AvgIpc) is 3.17. The van der Waals surface area contributed by atoms with Gasteiger partial charge < -0.3 is 19.4 Å². The standard InChI is InChI=1S/C21H22N2O3/c1-23(2)19(20-12-7-13-25-20)15-22-21(24)16-8-6-11-18(14-16)26-17-9-4-3-5-10-17/h3-14,19H,15H2,1-2H3,(H,22,24)/p+1/t19-/m0/s1. The van der Waals surface area contributed by atoms with E-state index >= 15 is 0 Å². The summed E-state index contributed by atoms with van der Waals surface area (Å²) in [6.07, 6.45) is 1.65. The maximum absolute atomic E-state index is 12.5. The van der Waals surface area contributed by atoms with E-state index in [4.69, 9.17) is 9.15 Å². The molecule has 1 heterocycles. The summed E-state index contributed by atoms with van der Waals surface area (Å²) in [6.45, 7) is 0.485. The zero-order valence-corrected chi connectivity index (χ0v) is 14.9. The number of furan rings is 1. The number of quaternary nitrogens is 1. The molecule has 134 valence electrons. The SMILES string of the molecule is C[NH+](C)[C@@H](CNC(=O)c1cccc(Oc2ccccc2)c1)c1ccco1. The minimum Gasteiger partial charge on any atom is -0.463 e. The summed E-state index contributed by atoms with van der Waals surface area (Å²) in [5.74, 6) is 2.08. The highest BCUT2D eigenvalue weighted by Crippen LogP contribution is 2.21. The highest BCUT2D eigenvalue weighted by Gasteiger charge is 2.21. The molecule has 0 saturated heterocycles. The summed E-state index contributed by atoms with van der Waals surface area (Å²) in [5.41, 5.74) is 0.561. The summed E-state index contributed by atoms with van der Waals surface area (Å²) in [4.78, 5) is 13.7. The van der Waals surface area contributed by atoms with E-state index < -0.39 is 0 Å². The molecule has 0 spiro atoms. The van der Waals surface area contributed by atoms with Crippen molar-refractivity contribution in [3.05, 3.63) is 84.3 Å². The molecule has 2 aromatic carbocycles. The molecule has 0 aliphatic rings. The van der Waals surface area contributed by atoms with Crippen molar-refractivity contribution in [2.24, 2.45) is 0 Å². The maximum atomic E-state index is 12.5. The van der Waals surface area contributed by atoms with Crippen LogP contribution >= 0.6 is 0 Å². The molecule has 1 atom stereocenters. The molecule has 0 radical (unpaired) electrons. The second-order valence-corrected chi connectivity index (χ2v) is 6.30. The Morgan fingerprint density at radius 2 is 1.81 bits per heavy atom. The van der Waals surface area contributed by atoms with Crippen LogP contribution in [-0.4, -0.2) is 26.5 Å². The molecule has 0 aliphatic heterocycles. The number of rotatable bonds is 7. The summed E-state index contributed by atoms with van der Waals surface area (Å²) in [7, 11) is 4.07. The number of amides is 1. The fourth-order valence-corrected chi connectivity index (χ4v) is 2.70. The molecule has 1 aromatic heterocycles. The van der Waals surface area contributed by atoms with Gasteiger partial charge in [-0.15, -0.1) is 0 Å². The molecule has 0 unspecified atom stereocenters. The number of carbonyl (C=O) groups is 1. The topological polar surface area (TPSA) is 55.9 Å². The Labute approximate surface area is 153 Å². The molecule has 0 fully saturated rings. The van der Waals surface area contributed by atoms with Gasteiger partial charge in [-0.25, -0.2) is 0 Å². The van der Waals surface area contributed by atoms with Gasteiger partial charge in [0.15, 0.2) is 11.8 Å². The van der Waals surface area contributed by atoms with Gasteiger partial charge in [-0.3, -0.25) is 4.79 Å². The zero-order chi connectivity index (χ0) is 18.4. The Morgan fingerprint density at radius 1 is 1.04 bits per heavy atom. The van der Waals surface area contributed by atoms with Crippen molar-refractivity contribution in [2.75, 3.05) is 20.6 Å². The van der Waals surface area contributed by atoms with Gasteiger partial charge in [0.2, 0.25) is 0 Å². The molecule has 3 rings (SSSR count). The van der Waals surface area contributed by atoms with Crippen LogP contribution in [0.1, 0.15) is 22.2 Å². The third-order valence-electron chi connectivity index (χ3n) is 4.13. The molecule has 5 heteroatoms. The number of likely N-dealkylation sites (N-methyl/N-ethyl adjacent to an activating group) is 1. The van der Waals surface area contributed by atoms with E-state index in [1.165, 1.54) is 4.90 Å². The summed E-state index contributed by atoms with van der Waals surface area (Å²) in [5, 5.41) is 2.98. The monoisotopic (exact) mass is 351 g/mol. The first-order valence-electron chi connectivity index (χ1n) is 8.58. The van der Waals surface area contributed by atoms with Crippen LogP contribution in [0, 0.1) is 0 Å². The molecule has 26 heavy (non-hydrogen) atoms. The largest absolute Gasteiger partial charge is 0.463 e. The Balaban J connectivity index is 1.65. The number of ether oxygens (including phenoxy) is 1. The van der Waals surface area contributed by atoms with Crippen molar-refractivity contribution < 1.29 is 18.8 Å². The normalized spacial score (nSPS) is 12.0. The maximum Gasteiger partial charge on any atom is 0.251 e. The number of nitrogens with one attached hydrogen (secondary N) is 2. The first-order valence-corrected chi connectivity index (χ1v) is 8.58. The van der Waals surface area contributed by atoms with E-state index in [2.05, 4.69) is 5.32 Å². The molecular formula is C21H23N2O3+. The molecular weight excluding hydrogens is 328 g/mol. The van der Waals surface area contributed by atoms with Crippen LogP contribution in [0.3, 0.4) is 0 Å². The van der Waals surface area contributed by atoms with E-state index in [0.29, 0.717) is 17.9 Å². The number of hydrogen-bond acceptors (Lipinski definition) is 3. The second kappa shape index (κ2) is 8.36.